The van der Waals surface area contributed by atoms with Crippen LogP contribution in [0.15, 0.2) is 12.2 Å². The van der Waals surface area contributed by atoms with Crippen LogP contribution in [-0.4, -0.2) is 29.2 Å². The van der Waals surface area contributed by atoms with E-state index in [1.807, 2.05) is 19.9 Å². The Morgan fingerprint density at radius 2 is 1.74 bits per heavy atom. The zero-order chi connectivity index (χ0) is 13.5. The second-order valence-corrected chi connectivity index (χ2v) is 6.84. The van der Waals surface area contributed by atoms with Crippen molar-refractivity contribution in [3.8, 4) is 0 Å². The molecule has 1 N–H and O–H groups in total. The second kappa shape index (κ2) is 5.19. The zero-order valence-corrected chi connectivity index (χ0v) is 12.0. The summed E-state index contributed by atoms with van der Waals surface area (Å²) in [4.78, 5) is 0. The van der Waals surface area contributed by atoms with E-state index in [4.69, 9.17) is 9.47 Å². The summed E-state index contributed by atoms with van der Waals surface area (Å²) in [5.41, 5.74) is 0. The monoisotopic (exact) mass is 266 g/mol. The average Bonchev–Trinajstić information content (AvgIpc) is 2.71. The Morgan fingerprint density at radius 3 is 2.47 bits per heavy atom. The van der Waals surface area contributed by atoms with Gasteiger partial charge in [0, 0.05) is 5.92 Å². The summed E-state index contributed by atoms with van der Waals surface area (Å²) in [5, 5.41) is 10.0. The predicted molar refractivity (Wildman–Crippen MR) is 73.7 cm³/mol. The third-order valence-corrected chi connectivity index (χ3v) is 4.81. The highest BCUT2D eigenvalue weighted by Gasteiger charge is 2.49. The summed E-state index contributed by atoms with van der Waals surface area (Å²) < 4.78 is 11.9. The summed E-state index contributed by atoms with van der Waals surface area (Å²) in [6, 6.07) is 0. The summed E-state index contributed by atoms with van der Waals surface area (Å²) in [6.45, 7) is 3.88. The van der Waals surface area contributed by atoms with Gasteiger partial charge >= 0.3 is 0 Å². The smallest absolute Gasteiger partial charge is 0.163 e. The molecule has 3 heteroatoms. The molecule has 1 heterocycles. The number of hydrogen-bond donors (Lipinski definition) is 1. The van der Waals surface area contributed by atoms with Gasteiger partial charge in [-0.2, -0.15) is 0 Å². The van der Waals surface area contributed by atoms with Crippen LogP contribution < -0.4 is 0 Å². The van der Waals surface area contributed by atoms with Crippen molar-refractivity contribution < 1.29 is 14.6 Å². The lowest BCUT2D eigenvalue weighted by molar-refractivity contribution is -0.153. The van der Waals surface area contributed by atoms with E-state index in [1.165, 1.54) is 38.5 Å². The average molecular weight is 266 g/mol. The van der Waals surface area contributed by atoms with E-state index in [1.54, 1.807) is 0 Å². The minimum absolute atomic E-state index is 0.0249. The molecule has 1 saturated heterocycles. The van der Waals surface area contributed by atoms with Crippen molar-refractivity contribution in [1.29, 1.82) is 0 Å². The van der Waals surface area contributed by atoms with Crippen molar-refractivity contribution in [3.05, 3.63) is 12.2 Å². The molecule has 2 fully saturated rings. The maximum atomic E-state index is 10.0. The fraction of sp³-hybridized carbons (Fsp3) is 0.875. The van der Waals surface area contributed by atoms with E-state index in [-0.39, 0.29) is 12.2 Å². The van der Waals surface area contributed by atoms with Crippen molar-refractivity contribution >= 4 is 0 Å². The second-order valence-electron chi connectivity index (χ2n) is 6.84. The summed E-state index contributed by atoms with van der Waals surface area (Å²) in [6.07, 6.45) is 11.4. The number of rotatable bonds is 2. The Balaban J connectivity index is 1.68. The van der Waals surface area contributed by atoms with Gasteiger partial charge in [-0.15, -0.1) is 0 Å². The minimum Gasteiger partial charge on any atom is -0.386 e. The quantitative estimate of drug-likeness (QED) is 0.781. The number of fused-ring (bicyclic) bond motifs is 1. The normalized spacial score (nSPS) is 42.3. The van der Waals surface area contributed by atoms with E-state index in [2.05, 4.69) is 6.08 Å². The molecule has 0 aromatic carbocycles. The molecule has 0 amide bonds. The molecule has 4 atom stereocenters. The van der Waals surface area contributed by atoms with Crippen molar-refractivity contribution in [3.63, 3.8) is 0 Å². The molecule has 108 valence electrons. The van der Waals surface area contributed by atoms with E-state index >= 15 is 0 Å². The van der Waals surface area contributed by atoms with Gasteiger partial charge in [0.1, 0.15) is 12.2 Å². The molecule has 3 nitrogen and oxygen atoms in total. The van der Waals surface area contributed by atoms with Gasteiger partial charge in [0.15, 0.2) is 5.79 Å². The van der Waals surface area contributed by atoms with Crippen molar-refractivity contribution in [1.82, 2.24) is 0 Å². The van der Waals surface area contributed by atoms with Gasteiger partial charge in [0.2, 0.25) is 0 Å². The Morgan fingerprint density at radius 1 is 1.05 bits per heavy atom. The van der Waals surface area contributed by atoms with Gasteiger partial charge in [-0.1, -0.05) is 44.3 Å². The number of ether oxygens (including phenoxy) is 2. The lowest BCUT2D eigenvalue weighted by atomic mass is 9.78. The third kappa shape index (κ3) is 2.88. The molecule has 0 bridgehead atoms. The lowest BCUT2D eigenvalue weighted by Crippen LogP contribution is -2.42. The zero-order valence-electron chi connectivity index (χ0n) is 12.0. The van der Waals surface area contributed by atoms with Crippen LogP contribution in [0, 0.1) is 11.8 Å². The molecule has 2 unspecified atom stereocenters. The fourth-order valence-electron chi connectivity index (χ4n) is 3.91. The van der Waals surface area contributed by atoms with Crippen LogP contribution in [0.5, 0.6) is 0 Å². The molecule has 2 aliphatic carbocycles. The standard InChI is InChI=1S/C16H26O3/c1-16(2)18-14-12(8-9-13(17)15(14)19-16)10-11-6-4-3-5-7-11/h8-9,11-15,17H,3-7,10H2,1-2H3/t12?,13-,14?,15+/m1/s1. The van der Waals surface area contributed by atoms with Crippen LogP contribution in [0.25, 0.3) is 0 Å². The van der Waals surface area contributed by atoms with Crippen molar-refractivity contribution in [2.24, 2.45) is 11.8 Å². The van der Waals surface area contributed by atoms with Gasteiger partial charge in [-0.25, -0.2) is 0 Å². The first kappa shape index (κ1) is 13.6. The van der Waals surface area contributed by atoms with Gasteiger partial charge in [-0.3, -0.25) is 0 Å². The van der Waals surface area contributed by atoms with Gasteiger partial charge in [0.25, 0.3) is 0 Å². The van der Waals surface area contributed by atoms with Gasteiger partial charge in [0.05, 0.1) is 6.10 Å². The summed E-state index contributed by atoms with van der Waals surface area (Å²) >= 11 is 0. The molecule has 3 aliphatic rings. The highest BCUT2D eigenvalue weighted by Crippen LogP contribution is 2.41. The Labute approximate surface area is 116 Å². The van der Waals surface area contributed by atoms with Crippen LogP contribution in [0.1, 0.15) is 52.4 Å². The van der Waals surface area contributed by atoms with Crippen LogP contribution in [0.2, 0.25) is 0 Å². The highest BCUT2D eigenvalue weighted by atomic mass is 16.8. The predicted octanol–water partition coefficient (Wildman–Crippen LogP) is 3.02. The molecule has 19 heavy (non-hydrogen) atoms. The summed E-state index contributed by atoms with van der Waals surface area (Å²) in [7, 11) is 0. The Bertz CT molecular complexity index is 344. The van der Waals surface area contributed by atoms with Crippen LogP contribution in [0.4, 0.5) is 0 Å². The molecular weight excluding hydrogens is 240 g/mol. The molecule has 0 aromatic heterocycles. The van der Waals surface area contributed by atoms with Crippen LogP contribution in [-0.2, 0) is 9.47 Å². The Hall–Kier alpha value is -0.380. The van der Waals surface area contributed by atoms with Crippen molar-refractivity contribution in [2.45, 2.75) is 76.5 Å². The van der Waals surface area contributed by atoms with E-state index in [9.17, 15) is 5.11 Å². The molecule has 1 aliphatic heterocycles. The highest BCUT2D eigenvalue weighted by molar-refractivity contribution is 5.10. The third-order valence-electron chi connectivity index (χ3n) is 4.81. The van der Waals surface area contributed by atoms with Gasteiger partial charge in [-0.05, 0) is 26.2 Å². The number of aliphatic hydroxyl groups is 1. The maximum absolute atomic E-state index is 10.0. The van der Waals surface area contributed by atoms with Crippen molar-refractivity contribution in [2.75, 3.05) is 0 Å². The first-order valence-corrected chi connectivity index (χ1v) is 7.77. The van der Waals surface area contributed by atoms with E-state index in [0.717, 1.165) is 5.92 Å². The first-order valence-electron chi connectivity index (χ1n) is 7.77. The number of aliphatic hydroxyl groups excluding tert-OH is 1. The van der Waals surface area contributed by atoms with E-state index < -0.39 is 11.9 Å². The van der Waals surface area contributed by atoms with Crippen LogP contribution >= 0.6 is 0 Å². The molecule has 3 rings (SSSR count). The fourth-order valence-corrected chi connectivity index (χ4v) is 3.91. The molecule has 0 radical (unpaired) electrons. The Kier molecular flexibility index (Phi) is 3.71. The number of hydrogen-bond acceptors (Lipinski definition) is 3. The van der Waals surface area contributed by atoms with E-state index in [0.29, 0.717) is 5.92 Å². The maximum Gasteiger partial charge on any atom is 0.163 e. The molecule has 1 saturated carbocycles. The molecule has 0 aromatic rings. The molecule has 0 spiro atoms. The first-order chi connectivity index (χ1) is 9.05. The van der Waals surface area contributed by atoms with Gasteiger partial charge < -0.3 is 14.6 Å². The lowest BCUT2D eigenvalue weighted by Gasteiger charge is -2.33. The summed E-state index contributed by atoms with van der Waals surface area (Å²) in [5.74, 6) is 0.664. The minimum atomic E-state index is -0.562. The topological polar surface area (TPSA) is 38.7 Å². The van der Waals surface area contributed by atoms with Crippen LogP contribution in [0.3, 0.4) is 0 Å². The molecular formula is C16H26O3. The largest absolute Gasteiger partial charge is 0.386 e. The SMILES string of the molecule is CC1(C)OC2C(CC3CCCCC3)C=C[C@@H](O)[C@@H]2O1.